The van der Waals surface area contributed by atoms with Crippen LogP contribution in [-0.2, 0) is 9.63 Å². The molecule has 1 aromatic rings. The SMILES string of the molecule is O=C(c1ccsc1)N1CC[C@]2(CCC[C@H]2C(=O)N2CCCCO2)C1. The average molecular weight is 348 g/mol. The molecule has 6 heteroatoms. The lowest BCUT2D eigenvalue weighted by atomic mass is 9.76. The molecule has 3 aliphatic rings. The summed E-state index contributed by atoms with van der Waals surface area (Å²) >= 11 is 1.55. The van der Waals surface area contributed by atoms with Gasteiger partial charge in [0.1, 0.15) is 0 Å². The summed E-state index contributed by atoms with van der Waals surface area (Å²) in [4.78, 5) is 33.1. The molecule has 2 aliphatic heterocycles. The molecule has 2 atom stereocenters. The Hall–Kier alpha value is -1.40. The predicted octanol–water partition coefficient (Wildman–Crippen LogP) is 2.93. The van der Waals surface area contributed by atoms with E-state index in [1.165, 1.54) is 0 Å². The summed E-state index contributed by atoms with van der Waals surface area (Å²) in [6.45, 7) is 2.84. The van der Waals surface area contributed by atoms with Crippen LogP contribution in [0.5, 0.6) is 0 Å². The van der Waals surface area contributed by atoms with Gasteiger partial charge in [-0.25, -0.2) is 5.06 Å². The Morgan fingerprint density at radius 1 is 1.21 bits per heavy atom. The number of amides is 2. The summed E-state index contributed by atoms with van der Waals surface area (Å²) in [6, 6.07) is 1.89. The predicted molar refractivity (Wildman–Crippen MR) is 91.5 cm³/mol. The molecule has 5 nitrogen and oxygen atoms in total. The Kier molecular flexibility index (Phi) is 4.35. The van der Waals surface area contributed by atoms with Crippen molar-refractivity contribution in [1.29, 1.82) is 0 Å². The second kappa shape index (κ2) is 6.48. The van der Waals surface area contributed by atoms with Crippen LogP contribution in [0.4, 0.5) is 0 Å². The summed E-state index contributed by atoms with van der Waals surface area (Å²) in [7, 11) is 0. The van der Waals surface area contributed by atoms with Crippen LogP contribution < -0.4 is 0 Å². The van der Waals surface area contributed by atoms with Gasteiger partial charge in [-0.2, -0.15) is 11.3 Å². The number of hydrogen-bond acceptors (Lipinski definition) is 4. The van der Waals surface area contributed by atoms with E-state index in [1.807, 2.05) is 21.7 Å². The lowest BCUT2D eigenvalue weighted by Gasteiger charge is -2.35. The fourth-order valence-electron chi connectivity index (χ4n) is 4.59. The molecule has 24 heavy (non-hydrogen) atoms. The van der Waals surface area contributed by atoms with Gasteiger partial charge in [-0.15, -0.1) is 0 Å². The maximum atomic E-state index is 13.0. The summed E-state index contributed by atoms with van der Waals surface area (Å²) < 4.78 is 0. The number of hydroxylamine groups is 2. The van der Waals surface area contributed by atoms with Crippen LogP contribution in [0.25, 0.3) is 0 Å². The molecule has 3 heterocycles. The number of carbonyl (C=O) groups is 2. The van der Waals surface area contributed by atoms with Crippen molar-refractivity contribution in [2.45, 2.75) is 38.5 Å². The Balaban J connectivity index is 1.48. The zero-order valence-electron chi connectivity index (χ0n) is 13.9. The second-order valence-corrected chi connectivity index (χ2v) is 8.06. The summed E-state index contributed by atoms with van der Waals surface area (Å²) in [5.41, 5.74) is 0.737. The highest BCUT2D eigenvalue weighted by Crippen LogP contribution is 2.50. The van der Waals surface area contributed by atoms with E-state index in [0.717, 1.165) is 50.6 Å². The van der Waals surface area contributed by atoms with E-state index in [4.69, 9.17) is 4.84 Å². The molecule has 130 valence electrons. The van der Waals surface area contributed by atoms with Gasteiger partial charge in [0, 0.05) is 36.3 Å². The van der Waals surface area contributed by atoms with Gasteiger partial charge in [-0.3, -0.25) is 14.4 Å². The highest BCUT2D eigenvalue weighted by molar-refractivity contribution is 7.08. The Morgan fingerprint density at radius 2 is 2.12 bits per heavy atom. The molecule has 0 unspecified atom stereocenters. The van der Waals surface area contributed by atoms with Crippen molar-refractivity contribution in [3.63, 3.8) is 0 Å². The number of nitrogens with zero attached hydrogens (tertiary/aromatic N) is 2. The number of rotatable bonds is 2. The molecule has 1 aliphatic carbocycles. The third-order valence-corrected chi connectivity index (χ3v) is 6.58. The van der Waals surface area contributed by atoms with E-state index in [9.17, 15) is 9.59 Å². The van der Waals surface area contributed by atoms with E-state index in [-0.39, 0.29) is 23.1 Å². The minimum atomic E-state index is -0.0381. The van der Waals surface area contributed by atoms with Gasteiger partial charge in [0.2, 0.25) is 5.91 Å². The topological polar surface area (TPSA) is 49.9 Å². The smallest absolute Gasteiger partial charge is 0.254 e. The third kappa shape index (κ3) is 2.75. The fraction of sp³-hybridized carbons (Fsp3) is 0.667. The third-order valence-electron chi connectivity index (χ3n) is 5.89. The molecule has 0 N–H and O–H groups in total. The largest absolute Gasteiger partial charge is 0.338 e. The maximum absolute atomic E-state index is 13.0. The van der Waals surface area contributed by atoms with Crippen molar-refractivity contribution < 1.29 is 14.4 Å². The van der Waals surface area contributed by atoms with Crippen LogP contribution in [0.3, 0.4) is 0 Å². The molecule has 2 amide bonds. The van der Waals surface area contributed by atoms with Crippen LogP contribution in [0.2, 0.25) is 0 Å². The quantitative estimate of drug-likeness (QED) is 0.826. The zero-order valence-corrected chi connectivity index (χ0v) is 14.7. The molecule has 1 saturated carbocycles. The lowest BCUT2D eigenvalue weighted by molar-refractivity contribution is -0.204. The highest BCUT2D eigenvalue weighted by atomic mass is 32.1. The molecule has 4 rings (SSSR count). The van der Waals surface area contributed by atoms with Crippen LogP contribution in [-0.4, -0.2) is 48.0 Å². The fourth-order valence-corrected chi connectivity index (χ4v) is 5.22. The summed E-state index contributed by atoms with van der Waals surface area (Å²) in [6.07, 6.45) is 6.04. The van der Waals surface area contributed by atoms with Crippen LogP contribution in [0, 0.1) is 11.3 Å². The lowest BCUT2D eigenvalue weighted by Crippen LogP contribution is -2.45. The average Bonchev–Trinajstić information content (AvgIpc) is 3.37. The van der Waals surface area contributed by atoms with Crippen molar-refractivity contribution in [3.05, 3.63) is 22.4 Å². The number of hydrogen-bond donors (Lipinski definition) is 0. The first-order valence-electron chi connectivity index (χ1n) is 8.95. The molecule has 1 aromatic heterocycles. The van der Waals surface area contributed by atoms with E-state index in [1.54, 1.807) is 16.4 Å². The van der Waals surface area contributed by atoms with E-state index < -0.39 is 0 Å². The van der Waals surface area contributed by atoms with Gasteiger partial charge in [0.15, 0.2) is 0 Å². The van der Waals surface area contributed by atoms with Crippen LogP contribution >= 0.6 is 11.3 Å². The Labute approximate surface area is 146 Å². The first-order valence-corrected chi connectivity index (χ1v) is 9.90. The summed E-state index contributed by atoms with van der Waals surface area (Å²) in [5, 5.41) is 5.45. The van der Waals surface area contributed by atoms with Gasteiger partial charge >= 0.3 is 0 Å². The number of thiophene rings is 1. The maximum Gasteiger partial charge on any atom is 0.254 e. The van der Waals surface area contributed by atoms with E-state index in [2.05, 4.69) is 0 Å². The normalized spacial score (nSPS) is 30.2. The van der Waals surface area contributed by atoms with Gasteiger partial charge < -0.3 is 4.90 Å². The van der Waals surface area contributed by atoms with Crippen LogP contribution in [0.15, 0.2) is 16.8 Å². The van der Waals surface area contributed by atoms with Gasteiger partial charge in [0.25, 0.3) is 5.91 Å². The molecular weight excluding hydrogens is 324 g/mol. The summed E-state index contributed by atoms with van der Waals surface area (Å²) in [5.74, 6) is 0.272. The molecule has 1 spiro atoms. The first-order chi connectivity index (χ1) is 11.7. The van der Waals surface area contributed by atoms with E-state index in [0.29, 0.717) is 19.7 Å². The molecule has 0 radical (unpaired) electrons. The van der Waals surface area contributed by atoms with Gasteiger partial charge in [-0.05, 0) is 43.6 Å². The zero-order chi connectivity index (χ0) is 16.6. The van der Waals surface area contributed by atoms with Crippen molar-refractivity contribution in [3.8, 4) is 0 Å². The Bertz CT molecular complexity index is 612. The van der Waals surface area contributed by atoms with Crippen molar-refractivity contribution in [1.82, 2.24) is 9.96 Å². The molecule has 0 aromatic carbocycles. The minimum Gasteiger partial charge on any atom is -0.338 e. The van der Waals surface area contributed by atoms with Crippen molar-refractivity contribution >= 4 is 23.2 Å². The second-order valence-electron chi connectivity index (χ2n) is 7.28. The van der Waals surface area contributed by atoms with Crippen molar-refractivity contribution in [2.75, 3.05) is 26.2 Å². The molecule has 2 saturated heterocycles. The molecule has 3 fully saturated rings. The minimum absolute atomic E-state index is 0.0101. The first kappa shape index (κ1) is 16.1. The van der Waals surface area contributed by atoms with Gasteiger partial charge in [-0.1, -0.05) is 6.42 Å². The number of carbonyl (C=O) groups excluding carboxylic acids is 2. The van der Waals surface area contributed by atoms with Crippen molar-refractivity contribution in [2.24, 2.45) is 11.3 Å². The Morgan fingerprint density at radius 3 is 2.88 bits per heavy atom. The highest BCUT2D eigenvalue weighted by Gasteiger charge is 2.52. The van der Waals surface area contributed by atoms with E-state index >= 15 is 0 Å². The monoisotopic (exact) mass is 348 g/mol. The van der Waals surface area contributed by atoms with Crippen LogP contribution in [0.1, 0.15) is 48.9 Å². The number of likely N-dealkylation sites (tertiary alicyclic amines) is 1. The standard InChI is InChI=1S/C18H24N2O3S/c21-16(14-5-11-24-12-14)19-9-7-18(13-19)6-3-4-15(18)17(22)20-8-1-2-10-23-20/h5,11-12,15H,1-4,6-10,13H2/t15-,18+/m0/s1. The van der Waals surface area contributed by atoms with Gasteiger partial charge in [0.05, 0.1) is 12.2 Å². The molecule has 0 bridgehead atoms. The molecular formula is C18H24N2O3S.